The van der Waals surface area contributed by atoms with Gasteiger partial charge in [0.25, 0.3) is 0 Å². The average molecular weight is 511 g/mol. The van der Waals surface area contributed by atoms with E-state index in [1.54, 1.807) is 7.11 Å². The fourth-order valence-corrected chi connectivity index (χ4v) is 5.37. The van der Waals surface area contributed by atoms with Crippen molar-refractivity contribution < 1.29 is 9.47 Å². The molecule has 0 spiro atoms. The van der Waals surface area contributed by atoms with E-state index in [-0.39, 0.29) is 0 Å². The minimum absolute atomic E-state index is 0.757. The van der Waals surface area contributed by atoms with E-state index in [1.165, 1.54) is 42.6 Å². The van der Waals surface area contributed by atoms with Gasteiger partial charge in [0.15, 0.2) is 5.11 Å². The number of anilines is 2. The second kappa shape index (κ2) is 13.8. The van der Waals surface area contributed by atoms with E-state index < -0.39 is 0 Å². The molecule has 0 unspecified atom stereocenters. The summed E-state index contributed by atoms with van der Waals surface area (Å²) >= 11 is 5.93. The van der Waals surface area contributed by atoms with Crippen LogP contribution in [0.4, 0.5) is 11.4 Å². The maximum Gasteiger partial charge on any atom is 0.173 e. The molecule has 1 saturated heterocycles. The van der Waals surface area contributed by atoms with Crippen molar-refractivity contribution in [2.45, 2.75) is 45.6 Å². The number of morpholine rings is 1. The van der Waals surface area contributed by atoms with Gasteiger partial charge in [0.2, 0.25) is 0 Å². The molecule has 0 amide bonds. The van der Waals surface area contributed by atoms with Gasteiger partial charge >= 0.3 is 0 Å². The van der Waals surface area contributed by atoms with Crippen molar-refractivity contribution in [3.8, 4) is 5.75 Å². The molecule has 1 N–H and O–H groups in total. The van der Waals surface area contributed by atoms with Crippen molar-refractivity contribution in [1.29, 1.82) is 0 Å². The van der Waals surface area contributed by atoms with Gasteiger partial charge in [-0.1, -0.05) is 31.5 Å². The Kier molecular flexibility index (Phi) is 10.3. The minimum atomic E-state index is 0.757. The first-order valence-corrected chi connectivity index (χ1v) is 13.9. The molecule has 2 aliphatic heterocycles. The summed E-state index contributed by atoms with van der Waals surface area (Å²) in [6.07, 6.45) is 5.95. The normalized spacial score (nSPS) is 15.9. The molecule has 2 aromatic rings. The molecule has 0 saturated carbocycles. The van der Waals surface area contributed by atoms with Crippen molar-refractivity contribution in [3.05, 3.63) is 53.6 Å². The minimum Gasteiger partial charge on any atom is -0.497 e. The van der Waals surface area contributed by atoms with Gasteiger partial charge in [-0.05, 0) is 67.2 Å². The number of ether oxygens (including phenoxy) is 2. The number of hydrogen-bond donors (Lipinski definition) is 1. The largest absolute Gasteiger partial charge is 0.497 e. The van der Waals surface area contributed by atoms with Crippen LogP contribution in [-0.2, 0) is 17.7 Å². The van der Waals surface area contributed by atoms with Gasteiger partial charge < -0.3 is 24.6 Å². The molecule has 4 rings (SSSR count). The molecule has 1 fully saturated rings. The average Bonchev–Trinajstić information content (AvgIpc) is 2.91. The molecule has 2 aromatic carbocycles. The summed E-state index contributed by atoms with van der Waals surface area (Å²) in [7, 11) is 1.69. The Morgan fingerprint density at radius 3 is 2.75 bits per heavy atom. The van der Waals surface area contributed by atoms with E-state index in [0.29, 0.717) is 0 Å². The Bertz CT molecular complexity index is 979. The number of hydrogen-bond acceptors (Lipinski definition) is 5. The highest BCUT2D eigenvalue weighted by Crippen LogP contribution is 2.29. The summed E-state index contributed by atoms with van der Waals surface area (Å²) in [5.74, 6) is 0.823. The number of unbranched alkanes of at least 4 members (excludes halogenated alkanes) is 1. The van der Waals surface area contributed by atoms with Crippen LogP contribution in [0.25, 0.3) is 0 Å². The van der Waals surface area contributed by atoms with E-state index in [4.69, 9.17) is 21.7 Å². The molecule has 2 heterocycles. The van der Waals surface area contributed by atoms with E-state index >= 15 is 0 Å². The molecular formula is C29H42N4O2S. The topological polar surface area (TPSA) is 40.2 Å². The Labute approximate surface area is 222 Å². The zero-order valence-electron chi connectivity index (χ0n) is 22.0. The van der Waals surface area contributed by atoms with Crippen LogP contribution in [0.5, 0.6) is 5.75 Å². The van der Waals surface area contributed by atoms with Crippen molar-refractivity contribution in [3.63, 3.8) is 0 Å². The monoisotopic (exact) mass is 510 g/mol. The number of aryl methyl sites for hydroxylation is 1. The van der Waals surface area contributed by atoms with Crippen LogP contribution in [0.2, 0.25) is 0 Å². The van der Waals surface area contributed by atoms with Gasteiger partial charge in [0.1, 0.15) is 5.75 Å². The van der Waals surface area contributed by atoms with Crippen LogP contribution in [0, 0.1) is 0 Å². The second-order valence-corrected chi connectivity index (χ2v) is 10.2. The summed E-state index contributed by atoms with van der Waals surface area (Å²) < 4.78 is 10.9. The Morgan fingerprint density at radius 2 is 1.94 bits per heavy atom. The van der Waals surface area contributed by atoms with Gasteiger partial charge in [-0.3, -0.25) is 4.90 Å². The van der Waals surface area contributed by atoms with E-state index in [9.17, 15) is 0 Å². The first-order valence-electron chi connectivity index (χ1n) is 13.5. The van der Waals surface area contributed by atoms with Gasteiger partial charge in [-0.25, -0.2) is 0 Å². The highest BCUT2D eigenvalue weighted by Gasteiger charge is 2.19. The van der Waals surface area contributed by atoms with Crippen molar-refractivity contribution >= 4 is 28.7 Å². The molecule has 0 radical (unpaired) electrons. The number of fused-ring (bicyclic) bond motifs is 1. The Balaban J connectivity index is 1.44. The molecule has 0 aromatic heterocycles. The third-order valence-corrected chi connectivity index (χ3v) is 7.49. The van der Waals surface area contributed by atoms with Gasteiger partial charge in [-0.2, -0.15) is 0 Å². The lowest BCUT2D eigenvalue weighted by Gasteiger charge is -2.32. The number of methoxy groups -OCH3 is 1. The molecule has 196 valence electrons. The van der Waals surface area contributed by atoms with Crippen LogP contribution in [-0.4, -0.2) is 74.5 Å². The lowest BCUT2D eigenvalue weighted by atomic mass is 9.98. The molecule has 6 nitrogen and oxygen atoms in total. The zero-order chi connectivity index (χ0) is 25.2. The first-order chi connectivity index (χ1) is 17.7. The fraction of sp³-hybridized carbons (Fsp3) is 0.552. The zero-order valence-corrected chi connectivity index (χ0v) is 22.8. The predicted molar refractivity (Wildman–Crippen MR) is 153 cm³/mol. The SMILES string of the molecule is CCCCN1CCCc2cc(CN(CCCN3CCOCC3)C(=S)Nc3cccc(OC)c3)ccc21. The van der Waals surface area contributed by atoms with E-state index in [2.05, 4.69) is 45.1 Å². The number of rotatable bonds is 11. The summed E-state index contributed by atoms with van der Waals surface area (Å²) in [6, 6.07) is 15.0. The number of thiocarbonyl (C=S) groups is 1. The lowest BCUT2D eigenvalue weighted by molar-refractivity contribution is 0.0368. The lowest BCUT2D eigenvalue weighted by Crippen LogP contribution is -2.40. The number of benzene rings is 2. The third kappa shape index (κ3) is 7.58. The number of nitrogens with zero attached hydrogens (tertiary/aromatic N) is 3. The van der Waals surface area contributed by atoms with Gasteiger partial charge in [0.05, 0.1) is 20.3 Å². The number of nitrogens with one attached hydrogen (secondary N) is 1. The van der Waals surface area contributed by atoms with E-state index in [0.717, 1.165) is 81.9 Å². The molecular weight excluding hydrogens is 468 g/mol. The van der Waals surface area contributed by atoms with Crippen molar-refractivity contribution in [2.75, 3.05) is 69.8 Å². The molecule has 0 bridgehead atoms. The standard InChI is InChI=1S/C29H42N4O2S/c1-3-4-14-32-15-6-8-25-21-24(11-12-28(25)32)23-33(16-7-13-31-17-19-35-20-18-31)29(36)30-26-9-5-10-27(22-26)34-2/h5,9-12,21-22H,3-4,6-8,13-20,23H2,1-2H3,(H,30,36). The van der Waals surface area contributed by atoms with Crippen LogP contribution in [0.3, 0.4) is 0 Å². The highest BCUT2D eigenvalue weighted by molar-refractivity contribution is 7.80. The highest BCUT2D eigenvalue weighted by atomic mass is 32.1. The summed E-state index contributed by atoms with van der Waals surface area (Å²) in [5.41, 5.74) is 5.19. The summed E-state index contributed by atoms with van der Waals surface area (Å²) in [4.78, 5) is 7.37. The first kappa shape index (κ1) is 26.7. The van der Waals surface area contributed by atoms with Crippen LogP contribution >= 0.6 is 12.2 Å². The second-order valence-electron chi connectivity index (χ2n) is 9.80. The smallest absolute Gasteiger partial charge is 0.173 e. The van der Waals surface area contributed by atoms with Crippen LogP contribution < -0.4 is 15.0 Å². The van der Waals surface area contributed by atoms with Crippen molar-refractivity contribution in [2.24, 2.45) is 0 Å². The molecule has 2 aliphatic rings. The summed E-state index contributed by atoms with van der Waals surface area (Å²) in [5, 5.41) is 4.21. The molecule has 7 heteroatoms. The summed E-state index contributed by atoms with van der Waals surface area (Å²) in [6.45, 7) is 11.1. The molecule has 36 heavy (non-hydrogen) atoms. The fourth-order valence-electron chi connectivity index (χ4n) is 5.09. The third-order valence-electron chi connectivity index (χ3n) is 7.13. The maximum atomic E-state index is 5.93. The Morgan fingerprint density at radius 1 is 1.08 bits per heavy atom. The molecule has 0 atom stereocenters. The maximum absolute atomic E-state index is 5.93. The Hall–Kier alpha value is -2.35. The van der Waals surface area contributed by atoms with Crippen molar-refractivity contribution in [1.82, 2.24) is 9.80 Å². The molecule has 0 aliphatic carbocycles. The van der Waals surface area contributed by atoms with Crippen LogP contribution in [0.1, 0.15) is 43.7 Å². The van der Waals surface area contributed by atoms with Gasteiger partial charge in [0, 0.05) is 63.3 Å². The van der Waals surface area contributed by atoms with Gasteiger partial charge in [-0.15, -0.1) is 0 Å². The quantitative estimate of drug-likeness (QED) is 0.418. The van der Waals surface area contributed by atoms with E-state index in [1.807, 2.05) is 24.3 Å². The van der Waals surface area contributed by atoms with Crippen LogP contribution in [0.15, 0.2) is 42.5 Å². The predicted octanol–water partition coefficient (Wildman–Crippen LogP) is 5.17.